The molecule has 0 heterocycles. The molecule has 148 valence electrons. The summed E-state index contributed by atoms with van der Waals surface area (Å²) in [6, 6.07) is 24.4. The van der Waals surface area contributed by atoms with Gasteiger partial charge in [-0.3, -0.25) is 0 Å². The van der Waals surface area contributed by atoms with E-state index in [0.29, 0.717) is 6.61 Å². The van der Waals surface area contributed by atoms with Gasteiger partial charge in [0.2, 0.25) is 0 Å². The summed E-state index contributed by atoms with van der Waals surface area (Å²) in [6.45, 7) is 4.82. The van der Waals surface area contributed by atoms with Gasteiger partial charge in [0.15, 0.2) is 6.79 Å². The van der Waals surface area contributed by atoms with Crippen LogP contribution in [0.2, 0.25) is 0 Å². The molecule has 0 aliphatic carbocycles. The summed E-state index contributed by atoms with van der Waals surface area (Å²) >= 11 is 3.62. The second-order valence-corrected chi connectivity index (χ2v) is 6.76. The van der Waals surface area contributed by atoms with Gasteiger partial charge in [0.05, 0.1) is 4.47 Å². The normalized spacial score (nSPS) is 10.0. The summed E-state index contributed by atoms with van der Waals surface area (Å²) in [7, 11) is 1.61. The molecule has 0 amide bonds. The first-order valence-electron chi connectivity index (χ1n) is 9.40. The average Bonchev–Trinajstić information content (AvgIpc) is 2.75. The first kappa shape index (κ1) is 22.0. The number of benzene rings is 3. The Morgan fingerprint density at radius 3 is 2.07 bits per heavy atom. The van der Waals surface area contributed by atoms with E-state index in [-0.39, 0.29) is 6.79 Å². The maximum absolute atomic E-state index is 5.91. The van der Waals surface area contributed by atoms with E-state index >= 15 is 0 Å². The van der Waals surface area contributed by atoms with Crippen LogP contribution in [-0.4, -0.2) is 13.9 Å². The summed E-state index contributed by atoms with van der Waals surface area (Å²) in [4.78, 5) is 0. The molecule has 0 aromatic heterocycles. The molecule has 0 aliphatic heterocycles. The van der Waals surface area contributed by atoms with Crippen LogP contribution in [0.5, 0.6) is 11.5 Å². The molecule has 0 unspecified atom stereocenters. The Bertz CT molecular complexity index is 817. The maximum atomic E-state index is 5.91. The van der Waals surface area contributed by atoms with E-state index in [2.05, 4.69) is 52.3 Å². The number of hydrogen-bond acceptors (Lipinski definition) is 3. The lowest BCUT2D eigenvalue weighted by molar-refractivity contribution is 0.0511. The average molecular weight is 443 g/mol. The van der Waals surface area contributed by atoms with E-state index in [0.717, 1.165) is 28.0 Å². The fourth-order valence-electron chi connectivity index (χ4n) is 2.57. The van der Waals surface area contributed by atoms with Crippen LogP contribution in [-0.2, 0) is 17.8 Å². The molecular formula is C24H27BrO3. The van der Waals surface area contributed by atoms with Crippen molar-refractivity contribution in [2.24, 2.45) is 0 Å². The fraction of sp³-hybridized carbons (Fsp3) is 0.250. The van der Waals surface area contributed by atoms with Crippen LogP contribution < -0.4 is 9.47 Å². The molecule has 4 heteroatoms. The SMILES string of the molecule is CC.COCOc1ccc(Cc2ccc(OCc3ccccc3)c(Br)c2)cc1. The molecule has 3 aromatic rings. The monoisotopic (exact) mass is 442 g/mol. The van der Waals surface area contributed by atoms with Crippen molar-refractivity contribution in [3.8, 4) is 11.5 Å². The van der Waals surface area contributed by atoms with E-state index < -0.39 is 0 Å². The smallest absolute Gasteiger partial charge is 0.188 e. The molecule has 28 heavy (non-hydrogen) atoms. The Labute approximate surface area is 176 Å². The summed E-state index contributed by atoms with van der Waals surface area (Å²) in [5, 5.41) is 0. The van der Waals surface area contributed by atoms with Crippen LogP contribution in [0.4, 0.5) is 0 Å². The molecule has 0 aliphatic rings. The van der Waals surface area contributed by atoms with Crippen LogP contribution in [0.15, 0.2) is 77.3 Å². The number of ether oxygens (including phenoxy) is 3. The molecule has 3 rings (SSSR count). The minimum absolute atomic E-state index is 0.261. The van der Waals surface area contributed by atoms with Crippen molar-refractivity contribution in [1.82, 2.24) is 0 Å². The van der Waals surface area contributed by atoms with E-state index in [1.165, 1.54) is 11.1 Å². The number of hydrogen-bond donors (Lipinski definition) is 0. The van der Waals surface area contributed by atoms with Gasteiger partial charge in [-0.05, 0) is 63.3 Å². The first-order valence-corrected chi connectivity index (χ1v) is 10.2. The zero-order chi connectivity index (χ0) is 20.2. The molecule has 0 atom stereocenters. The molecule has 0 spiro atoms. The molecule has 0 saturated carbocycles. The van der Waals surface area contributed by atoms with E-state index in [1.807, 2.05) is 50.2 Å². The van der Waals surface area contributed by atoms with Crippen LogP contribution in [0.3, 0.4) is 0 Å². The van der Waals surface area contributed by atoms with Gasteiger partial charge in [-0.1, -0.05) is 62.4 Å². The molecule has 0 bridgehead atoms. The highest BCUT2D eigenvalue weighted by Crippen LogP contribution is 2.28. The van der Waals surface area contributed by atoms with Gasteiger partial charge in [-0.25, -0.2) is 0 Å². The van der Waals surface area contributed by atoms with Gasteiger partial charge in [0, 0.05) is 7.11 Å². The zero-order valence-electron chi connectivity index (χ0n) is 16.7. The van der Waals surface area contributed by atoms with E-state index in [1.54, 1.807) is 7.11 Å². The largest absolute Gasteiger partial charge is 0.488 e. The van der Waals surface area contributed by atoms with Crippen LogP contribution in [0, 0.1) is 0 Å². The highest BCUT2D eigenvalue weighted by Gasteiger charge is 2.05. The summed E-state index contributed by atoms with van der Waals surface area (Å²) < 4.78 is 17.2. The molecule has 0 saturated heterocycles. The number of halogens is 1. The predicted molar refractivity (Wildman–Crippen MR) is 118 cm³/mol. The van der Waals surface area contributed by atoms with Gasteiger partial charge in [-0.15, -0.1) is 0 Å². The van der Waals surface area contributed by atoms with Gasteiger partial charge in [-0.2, -0.15) is 0 Å². The van der Waals surface area contributed by atoms with Gasteiger partial charge < -0.3 is 14.2 Å². The zero-order valence-corrected chi connectivity index (χ0v) is 18.2. The maximum Gasteiger partial charge on any atom is 0.188 e. The third-order valence-electron chi connectivity index (χ3n) is 3.91. The molecule has 0 radical (unpaired) electrons. The van der Waals surface area contributed by atoms with Crippen LogP contribution in [0.1, 0.15) is 30.5 Å². The van der Waals surface area contributed by atoms with Crippen molar-refractivity contribution in [1.29, 1.82) is 0 Å². The Kier molecular flexibility index (Phi) is 9.60. The topological polar surface area (TPSA) is 27.7 Å². The third-order valence-corrected chi connectivity index (χ3v) is 4.53. The Balaban J connectivity index is 0.00000136. The van der Waals surface area contributed by atoms with Crippen molar-refractivity contribution in [2.45, 2.75) is 26.9 Å². The third kappa shape index (κ3) is 7.02. The molecule has 3 aromatic carbocycles. The lowest BCUT2D eigenvalue weighted by Gasteiger charge is -2.10. The summed E-state index contributed by atoms with van der Waals surface area (Å²) in [5.41, 5.74) is 3.59. The molecule has 3 nitrogen and oxygen atoms in total. The fourth-order valence-corrected chi connectivity index (χ4v) is 3.11. The van der Waals surface area contributed by atoms with Gasteiger partial charge in [0.1, 0.15) is 18.1 Å². The second kappa shape index (κ2) is 12.2. The van der Waals surface area contributed by atoms with Crippen molar-refractivity contribution >= 4 is 15.9 Å². The first-order chi connectivity index (χ1) is 13.7. The standard InChI is InChI=1S/C22H21BrO3.C2H6/c1-24-16-26-20-10-7-17(8-11-20)13-19-9-12-22(21(23)14-19)25-15-18-5-3-2-4-6-18;1-2/h2-12,14H,13,15-16H2,1H3;1-2H3. The number of rotatable bonds is 8. The van der Waals surface area contributed by atoms with Gasteiger partial charge >= 0.3 is 0 Å². The minimum atomic E-state index is 0.261. The van der Waals surface area contributed by atoms with Crippen LogP contribution >= 0.6 is 15.9 Å². The van der Waals surface area contributed by atoms with Crippen molar-refractivity contribution in [2.75, 3.05) is 13.9 Å². The van der Waals surface area contributed by atoms with Crippen molar-refractivity contribution < 1.29 is 14.2 Å². The minimum Gasteiger partial charge on any atom is -0.488 e. The van der Waals surface area contributed by atoms with Crippen molar-refractivity contribution in [3.63, 3.8) is 0 Å². The predicted octanol–water partition coefficient (Wildman–Crippen LogP) is 6.63. The van der Waals surface area contributed by atoms with Crippen molar-refractivity contribution in [3.05, 3.63) is 94.0 Å². The molecule has 0 fully saturated rings. The van der Waals surface area contributed by atoms with Gasteiger partial charge in [0.25, 0.3) is 0 Å². The quantitative estimate of drug-likeness (QED) is 0.366. The van der Waals surface area contributed by atoms with E-state index in [9.17, 15) is 0 Å². The summed E-state index contributed by atoms with van der Waals surface area (Å²) in [5.74, 6) is 1.65. The lowest BCUT2D eigenvalue weighted by Crippen LogP contribution is -1.99. The molecular weight excluding hydrogens is 416 g/mol. The highest BCUT2D eigenvalue weighted by molar-refractivity contribution is 9.10. The van der Waals surface area contributed by atoms with Crippen LogP contribution in [0.25, 0.3) is 0 Å². The Morgan fingerprint density at radius 1 is 0.750 bits per heavy atom. The second-order valence-electron chi connectivity index (χ2n) is 5.91. The number of methoxy groups -OCH3 is 1. The molecule has 0 N–H and O–H groups in total. The lowest BCUT2D eigenvalue weighted by atomic mass is 10.0. The Hall–Kier alpha value is -2.30. The highest BCUT2D eigenvalue weighted by atomic mass is 79.9. The Morgan fingerprint density at radius 2 is 1.43 bits per heavy atom. The van der Waals surface area contributed by atoms with E-state index in [4.69, 9.17) is 14.2 Å². The summed E-state index contributed by atoms with van der Waals surface area (Å²) in [6.07, 6.45) is 0.849.